The smallest absolute Gasteiger partial charge is 0.258 e. The molecular formula is C9H9NO3S2. The summed E-state index contributed by atoms with van der Waals surface area (Å²) in [4.78, 5) is 10.0. The maximum atomic E-state index is 11.5. The number of benzene rings is 1. The molecule has 1 heterocycles. The lowest BCUT2D eigenvalue weighted by Crippen LogP contribution is -1.98. The van der Waals surface area contributed by atoms with Gasteiger partial charge in [0.15, 0.2) is 0 Å². The number of non-ortho nitro benzene ring substituents is 1. The predicted octanol–water partition coefficient (Wildman–Crippen LogP) is 2.09. The Hall–Kier alpha value is -0.880. The predicted molar refractivity (Wildman–Crippen MR) is 61.3 cm³/mol. The van der Waals surface area contributed by atoms with Crippen LogP contribution in [-0.4, -0.2) is 20.6 Å². The molecule has 0 saturated carbocycles. The topological polar surface area (TPSA) is 60.2 Å². The van der Waals surface area contributed by atoms with Gasteiger partial charge in [0.05, 0.1) is 4.92 Å². The first kappa shape index (κ1) is 10.6. The van der Waals surface area contributed by atoms with Gasteiger partial charge in [-0.2, -0.15) is 0 Å². The summed E-state index contributed by atoms with van der Waals surface area (Å²) in [5, 5.41) is 10.4. The van der Waals surface area contributed by atoms with E-state index in [-0.39, 0.29) is 10.3 Å². The summed E-state index contributed by atoms with van der Waals surface area (Å²) in [6, 6.07) is 6.31. The van der Waals surface area contributed by atoms with Crippen molar-refractivity contribution in [3.05, 3.63) is 39.9 Å². The number of hydrogen-bond acceptors (Lipinski definition) is 4. The Morgan fingerprint density at radius 2 is 2.07 bits per heavy atom. The van der Waals surface area contributed by atoms with Crippen LogP contribution in [0.1, 0.15) is 10.1 Å². The van der Waals surface area contributed by atoms with E-state index in [0.29, 0.717) is 5.75 Å². The van der Waals surface area contributed by atoms with Crippen LogP contribution in [0.15, 0.2) is 24.3 Å². The minimum atomic E-state index is -0.836. The molecule has 4 nitrogen and oxygen atoms in total. The van der Waals surface area contributed by atoms with Gasteiger partial charge < -0.3 is 0 Å². The zero-order valence-electron chi connectivity index (χ0n) is 7.79. The van der Waals surface area contributed by atoms with Crippen LogP contribution in [0.2, 0.25) is 0 Å². The third-order valence-corrected chi connectivity index (χ3v) is 5.85. The Balaban J connectivity index is 2.23. The average Bonchev–Trinajstić information content (AvgIpc) is 2.65. The van der Waals surface area contributed by atoms with Gasteiger partial charge in [0, 0.05) is 34.4 Å². The van der Waals surface area contributed by atoms with E-state index in [9.17, 15) is 14.3 Å². The Kier molecular flexibility index (Phi) is 3.06. The van der Waals surface area contributed by atoms with E-state index in [1.54, 1.807) is 23.9 Å². The Bertz CT molecular complexity index is 404. The second-order valence-electron chi connectivity index (χ2n) is 3.14. The first-order valence-corrected chi connectivity index (χ1v) is 6.85. The van der Waals surface area contributed by atoms with Crippen LogP contribution in [0, 0.1) is 10.1 Å². The number of nitro groups is 1. The fraction of sp³-hybridized carbons (Fsp3) is 0.333. The third-order valence-electron chi connectivity index (χ3n) is 2.17. The minimum absolute atomic E-state index is 0.00851. The van der Waals surface area contributed by atoms with Crippen LogP contribution >= 0.6 is 11.8 Å². The molecule has 80 valence electrons. The third kappa shape index (κ3) is 2.21. The number of nitro benzene ring substituents is 1. The Labute approximate surface area is 93.7 Å². The molecule has 0 radical (unpaired) electrons. The lowest BCUT2D eigenvalue weighted by Gasteiger charge is -2.06. The van der Waals surface area contributed by atoms with Gasteiger partial charge in [0.2, 0.25) is 0 Å². The van der Waals surface area contributed by atoms with Gasteiger partial charge >= 0.3 is 0 Å². The molecule has 6 heteroatoms. The molecule has 1 aromatic carbocycles. The fourth-order valence-corrected chi connectivity index (χ4v) is 4.89. The van der Waals surface area contributed by atoms with E-state index in [2.05, 4.69) is 0 Å². The molecule has 0 spiro atoms. The second-order valence-corrected chi connectivity index (χ2v) is 6.29. The molecule has 2 rings (SSSR count). The summed E-state index contributed by atoms with van der Waals surface area (Å²) in [7, 11) is -0.836. The highest BCUT2D eigenvalue weighted by molar-refractivity contribution is 8.13. The summed E-state index contributed by atoms with van der Waals surface area (Å²) in [5.41, 5.74) is 0.994. The van der Waals surface area contributed by atoms with Crippen molar-refractivity contribution in [2.45, 2.75) is 4.58 Å². The molecule has 1 saturated heterocycles. The van der Waals surface area contributed by atoms with Gasteiger partial charge in [0.25, 0.3) is 5.69 Å². The number of thioether (sulfide) groups is 1. The highest BCUT2D eigenvalue weighted by Gasteiger charge is 2.25. The molecule has 2 atom stereocenters. The quantitative estimate of drug-likeness (QED) is 0.589. The number of rotatable bonds is 2. The molecule has 1 aromatic rings. The van der Waals surface area contributed by atoms with Crippen LogP contribution in [0.3, 0.4) is 0 Å². The summed E-state index contributed by atoms with van der Waals surface area (Å²) in [6.07, 6.45) is 0. The van der Waals surface area contributed by atoms with E-state index < -0.39 is 15.7 Å². The molecule has 1 aliphatic rings. The van der Waals surface area contributed by atoms with Crippen molar-refractivity contribution in [1.82, 2.24) is 0 Å². The second kappa shape index (κ2) is 4.32. The maximum absolute atomic E-state index is 11.5. The first-order valence-electron chi connectivity index (χ1n) is 4.41. The van der Waals surface area contributed by atoms with E-state index >= 15 is 0 Å². The van der Waals surface area contributed by atoms with Gasteiger partial charge in [-0.05, 0) is 5.56 Å². The molecule has 0 aromatic heterocycles. The van der Waals surface area contributed by atoms with Gasteiger partial charge in [-0.15, -0.1) is 11.8 Å². The van der Waals surface area contributed by atoms with E-state index in [1.807, 2.05) is 0 Å². The number of nitrogens with zero attached hydrogens (tertiary/aromatic N) is 1. The van der Waals surface area contributed by atoms with Crippen molar-refractivity contribution in [2.24, 2.45) is 0 Å². The van der Waals surface area contributed by atoms with Crippen molar-refractivity contribution in [3.8, 4) is 0 Å². The monoisotopic (exact) mass is 243 g/mol. The van der Waals surface area contributed by atoms with E-state index in [1.165, 1.54) is 12.1 Å². The molecule has 0 N–H and O–H groups in total. The lowest BCUT2D eigenvalue weighted by molar-refractivity contribution is -0.384. The van der Waals surface area contributed by atoms with E-state index in [4.69, 9.17) is 0 Å². The maximum Gasteiger partial charge on any atom is 0.269 e. The zero-order chi connectivity index (χ0) is 10.8. The van der Waals surface area contributed by atoms with Crippen LogP contribution in [0.5, 0.6) is 0 Å². The first-order chi connectivity index (χ1) is 7.18. The standard InChI is InChI=1S/C9H9NO3S2/c11-10(12)8-3-1-7(2-4-8)9-14-5-6-15(9)13/h1-4,9H,5-6H2/t9-,15?/m1/s1. The van der Waals surface area contributed by atoms with Crippen LogP contribution in [0.25, 0.3) is 0 Å². The van der Waals surface area contributed by atoms with Crippen LogP contribution in [0.4, 0.5) is 5.69 Å². The highest BCUT2D eigenvalue weighted by Crippen LogP contribution is 2.38. The van der Waals surface area contributed by atoms with Crippen molar-refractivity contribution in [2.75, 3.05) is 11.5 Å². The minimum Gasteiger partial charge on any atom is -0.258 e. The van der Waals surface area contributed by atoms with Crippen molar-refractivity contribution in [3.63, 3.8) is 0 Å². The zero-order valence-corrected chi connectivity index (χ0v) is 9.42. The van der Waals surface area contributed by atoms with Crippen molar-refractivity contribution in [1.29, 1.82) is 0 Å². The molecular weight excluding hydrogens is 234 g/mol. The Morgan fingerprint density at radius 1 is 1.40 bits per heavy atom. The lowest BCUT2D eigenvalue weighted by atomic mass is 10.2. The van der Waals surface area contributed by atoms with Crippen LogP contribution < -0.4 is 0 Å². The molecule has 1 unspecified atom stereocenters. The van der Waals surface area contributed by atoms with Crippen molar-refractivity contribution < 1.29 is 9.13 Å². The van der Waals surface area contributed by atoms with Gasteiger partial charge in [-0.3, -0.25) is 14.3 Å². The molecule has 0 aliphatic carbocycles. The summed E-state index contributed by atoms with van der Waals surface area (Å²) in [5.74, 6) is 1.61. The van der Waals surface area contributed by atoms with E-state index in [0.717, 1.165) is 11.3 Å². The van der Waals surface area contributed by atoms with Gasteiger partial charge in [0.1, 0.15) is 4.58 Å². The van der Waals surface area contributed by atoms with Crippen molar-refractivity contribution >= 4 is 28.2 Å². The summed E-state index contributed by atoms with van der Waals surface area (Å²) in [6.45, 7) is 0. The molecule has 0 bridgehead atoms. The van der Waals surface area contributed by atoms with Gasteiger partial charge in [-0.25, -0.2) is 0 Å². The largest absolute Gasteiger partial charge is 0.269 e. The van der Waals surface area contributed by atoms with Gasteiger partial charge in [-0.1, -0.05) is 12.1 Å². The Morgan fingerprint density at radius 3 is 2.53 bits per heavy atom. The molecule has 15 heavy (non-hydrogen) atoms. The molecule has 0 amide bonds. The normalized spacial score (nSPS) is 25.3. The highest BCUT2D eigenvalue weighted by atomic mass is 32.2. The SMILES string of the molecule is O=[N+]([O-])c1ccc([C@@H]2SCCS2=O)cc1. The summed E-state index contributed by atoms with van der Waals surface area (Å²) < 4.78 is 11.5. The fourth-order valence-electron chi connectivity index (χ4n) is 1.42. The average molecular weight is 243 g/mol. The summed E-state index contributed by atoms with van der Waals surface area (Å²) >= 11 is 1.65. The van der Waals surface area contributed by atoms with Crippen LogP contribution in [-0.2, 0) is 10.8 Å². The number of hydrogen-bond donors (Lipinski definition) is 0. The molecule has 1 fully saturated rings. The molecule has 1 aliphatic heterocycles.